The van der Waals surface area contributed by atoms with Gasteiger partial charge in [0.25, 0.3) is 0 Å². The highest BCUT2D eigenvalue weighted by Gasteiger charge is 2.20. The number of hydrogen-bond acceptors (Lipinski definition) is 2. The predicted octanol–water partition coefficient (Wildman–Crippen LogP) is 1.99. The maximum atomic E-state index is 11.7. The lowest BCUT2D eigenvalue weighted by Crippen LogP contribution is -2.31. The Hall–Kier alpha value is -0.370. The lowest BCUT2D eigenvalue weighted by Gasteiger charge is -2.21. The fourth-order valence-electron chi connectivity index (χ4n) is 1.78. The fraction of sp³-hybridized carbons (Fsp3) is 0.909. The van der Waals surface area contributed by atoms with Gasteiger partial charge >= 0.3 is 0 Å². The summed E-state index contributed by atoms with van der Waals surface area (Å²) in [5.74, 6) is 1.51. The highest BCUT2D eigenvalue weighted by atomic mass is 16.1. The Morgan fingerprint density at radius 1 is 1.38 bits per heavy atom. The van der Waals surface area contributed by atoms with Crippen molar-refractivity contribution in [2.45, 2.75) is 39.5 Å². The molecule has 0 saturated carbocycles. The van der Waals surface area contributed by atoms with Crippen molar-refractivity contribution in [2.24, 2.45) is 11.8 Å². The van der Waals surface area contributed by atoms with E-state index in [9.17, 15) is 4.79 Å². The van der Waals surface area contributed by atoms with Crippen LogP contribution in [0.1, 0.15) is 39.5 Å². The number of nitrogens with one attached hydrogen (secondary N) is 1. The molecular formula is C11H21NO. The molecule has 1 aliphatic heterocycles. The molecule has 2 heteroatoms. The van der Waals surface area contributed by atoms with E-state index in [2.05, 4.69) is 19.2 Å². The molecule has 1 saturated heterocycles. The molecule has 0 bridgehead atoms. The molecule has 13 heavy (non-hydrogen) atoms. The van der Waals surface area contributed by atoms with E-state index in [4.69, 9.17) is 0 Å². The molecule has 0 aromatic carbocycles. The van der Waals surface area contributed by atoms with Gasteiger partial charge in [0.15, 0.2) is 0 Å². The predicted molar refractivity (Wildman–Crippen MR) is 54.7 cm³/mol. The average Bonchev–Trinajstić information content (AvgIpc) is 2.15. The second-order valence-electron chi connectivity index (χ2n) is 4.42. The van der Waals surface area contributed by atoms with Gasteiger partial charge in [-0.1, -0.05) is 13.8 Å². The summed E-state index contributed by atoms with van der Waals surface area (Å²) >= 11 is 0. The third-order valence-corrected chi connectivity index (χ3v) is 2.76. The van der Waals surface area contributed by atoms with Crippen LogP contribution in [-0.4, -0.2) is 18.9 Å². The van der Waals surface area contributed by atoms with Gasteiger partial charge in [-0.3, -0.25) is 4.79 Å². The molecule has 1 fully saturated rings. The molecule has 0 aromatic heterocycles. The minimum atomic E-state index is 0.361. The van der Waals surface area contributed by atoms with Crippen LogP contribution in [0.4, 0.5) is 0 Å². The summed E-state index contributed by atoms with van der Waals surface area (Å²) in [4.78, 5) is 11.7. The quantitative estimate of drug-likeness (QED) is 0.722. The number of Topliss-reactive ketones (excluding diaryl/α,β-unsaturated/α-hetero) is 1. The van der Waals surface area contributed by atoms with Crippen LogP contribution in [-0.2, 0) is 4.79 Å². The molecule has 0 radical (unpaired) electrons. The average molecular weight is 183 g/mol. The highest BCUT2D eigenvalue weighted by Crippen LogP contribution is 2.17. The van der Waals surface area contributed by atoms with Crippen LogP contribution in [0.3, 0.4) is 0 Å². The molecule has 0 aliphatic carbocycles. The summed E-state index contributed by atoms with van der Waals surface area (Å²) in [6.45, 7) is 6.40. The Kier molecular flexibility index (Phi) is 4.43. The summed E-state index contributed by atoms with van der Waals surface area (Å²) in [7, 11) is 0. The fourth-order valence-corrected chi connectivity index (χ4v) is 1.78. The second-order valence-corrected chi connectivity index (χ2v) is 4.42. The Bertz CT molecular complexity index is 159. The number of piperidine rings is 1. The van der Waals surface area contributed by atoms with Crippen LogP contribution in [0.25, 0.3) is 0 Å². The first-order valence-electron chi connectivity index (χ1n) is 5.43. The van der Waals surface area contributed by atoms with Gasteiger partial charge in [0, 0.05) is 12.3 Å². The van der Waals surface area contributed by atoms with E-state index in [1.54, 1.807) is 0 Å². The maximum absolute atomic E-state index is 11.7. The largest absolute Gasteiger partial charge is 0.317 e. The molecule has 1 N–H and O–H groups in total. The van der Waals surface area contributed by atoms with Crippen molar-refractivity contribution in [1.82, 2.24) is 5.32 Å². The zero-order chi connectivity index (χ0) is 9.68. The van der Waals surface area contributed by atoms with Crippen LogP contribution in [0.15, 0.2) is 0 Å². The van der Waals surface area contributed by atoms with Crippen molar-refractivity contribution in [3.8, 4) is 0 Å². The lowest BCUT2D eigenvalue weighted by molar-refractivity contribution is -0.123. The van der Waals surface area contributed by atoms with Gasteiger partial charge in [-0.25, -0.2) is 0 Å². The molecule has 0 amide bonds. The van der Waals surface area contributed by atoms with E-state index in [1.807, 2.05) is 0 Å². The highest BCUT2D eigenvalue weighted by molar-refractivity contribution is 5.81. The topological polar surface area (TPSA) is 29.1 Å². The molecule has 0 unspecified atom stereocenters. The van der Waals surface area contributed by atoms with Gasteiger partial charge < -0.3 is 5.32 Å². The number of carbonyl (C=O) groups is 1. The molecule has 2 nitrogen and oxygen atoms in total. The van der Waals surface area contributed by atoms with Crippen molar-refractivity contribution in [1.29, 1.82) is 0 Å². The number of ketones is 1. The van der Waals surface area contributed by atoms with Gasteiger partial charge in [-0.15, -0.1) is 0 Å². The van der Waals surface area contributed by atoms with Crippen LogP contribution in [0.2, 0.25) is 0 Å². The molecule has 1 rings (SSSR count). The zero-order valence-corrected chi connectivity index (χ0v) is 8.81. The first-order valence-corrected chi connectivity index (χ1v) is 5.43. The Morgan fingerprint density at radius 3 is 2.54 bits per heavy atom. The van der Waals surface area contributed by atoms with E-state index in [0.29, 0.717) is 17.6 Å². The van der Waals surface area contributed by atoms with Crippen LogP contribution in [0, 0.1) is 11.8 Å². The van der Waals surface area contributed by atoms with E-state index < -0.39 is 0 Å². The molecule has 0 aromatic rings. The van der Waals surface area contributed by atoms with Crippen molar-refractivity contribution >= 4 is 5.78 Å². The zero-order valence-electron chi connectivity index (χ0n) is 8.81. The van der Waals surface area contributed by atoms with Crippen LogP contribution in [0.5, 0.6) is 0 Å². The third-order valence-electron chi connectivity index (χ3n) is 2.76. The summed E-state index contributed by atoms with van der Waals surface area (Å²) in [5, 5.41) is 3.28. The molecule has 0 atom stereocenters. The Labute approximate surface area is 81.1 Å². The Balaban J connectivity index is 2.21. The van der Waals surface area contributed by atoms with Crippen molar-refractivity contribution in [3.63, 3.8) is 0 Å². The minimum absolute atomic E-state index is 0.361. The number of hydrogen-bond donors (Lipinski definition) is 1. The SMILES string of the molecule is CC(C)CCC(=O)C1CCNCC1. The maximum Gasteiger partial charge on any atom is 0.136 e. The van der Waals surface area contributed by atoms with E-state index >= 15 is 0 Å². The standard InChI is InChI=1S/C11H21NO/c1-9(2)3-4-11(13)10-5-7-12-8-6-10/h9-10,12H,3-8H2,1-2H3. The minimum Gasteiger partial charge on any atom is -0.317 e. The third kappa shape index (κ3) is 3.90. The summed E-state index contributed by atoms with van der Waals surface area (Å²) in [6, 6.07) is 0. The van der Waals surface area contributed by atoms with Crippen molar-refractivity contribution in [3.05, 3.63) is 0 Å². The van der Waals surface area contributed by atoms with E-state index in [0.717, 1.165) is 38.8 Å². The normalized spacial score (nSPS) is 19.3. The van der Waals surface area contributed by atoms with Crippen LogP contribution < -0.4 is 5.32 Å². The van der Waals surface area contributed by atoms with Gasteiger partial charge in [-0.05, 0) is 38.3 Å². The second kappa shape index (κ2) is 5.38. The smallest absolute Gasteiger partial charge is 0.136 e. The summed E-state index contributed by atoms with van der Waals surface area (Å²) in [6.07, 6.45) is 3.96. The van der Waals surface area contributed by atoms with Gasteiger partial charge in [0.05, 0.1) is 0 Å². The lowest BCUT2D eigenvalue weighted by atomic mass is 9.90. The van der Waals surface area contributed by atoms with Gasteiger partial charge in [-0.2, -0.15) is 0 Å². The van der Waals surface area contributed by atoms with E-state index in [1.165, 1.54) is 0 Å². The number of rotatable bonds is 4. The van der Waals surface area contributed by atoms with Crippen molar-refractivity contribution in [2.75, 3.05) is 13.1 Å². The summed E-state index contributed by atoms with van der Waals surface area (Å²) in [5.41, 5.74) is 0. The number of carbonyl (C=O) groups excluding carboxylic acids is 1. The molecule has 1 aliphatic rings. The van der Waals surface area contributed by atoms with E-state index in [-0.39, 0.29) is 0 Å². The van der Waals surface area contributed by atoms with Crippen molar-refractivity contribution < 1.29 is 4.79 Å². The monoisotopic (exact) mass is 183 g/mol. The van der Waals surface area contributed by atoms with Gasteiger partial charge in [0.1, 0.15) is 5.78 Å². The summed E-state index contributed by atoms with van der Waals surface area (Å²) < 4.78 is 0. The molecule has 1 heterocycles. The molecule has 0 spiro atoms. The van der Waals surface area contributed by atoms with Gasteiger partial charge in [0.2, 0.25) is 0 Å². The first kappa shape index (κ1) is 10.7. The molecular weight excluding hydrogens is 162 g/mol. The Morgan fingerprint density at radius 2 is 2.00 bits per heavy atom. The van der Waals surface area contributed by atoms with Crippen LogP contribution >= 0.6 is 0 Å². The molecule has 76 valence electrons. The first-order chi connectivity index (χ1) is 6.20.